The maximum absolute atomic E-state index is 15.7. The van der Waals surface area contributed by atoms with Crippen LogP contribution in [0, 0.1) is 10.8 Å². The van der Waals surface area contributed by atoms with Crippen LogP contribution < -0.4 is 15.9 Å². The van der Waals surface area contributed by atoms with Gasteiger partial charge >= 0.3 is 0 Å². The molecule has 0 saturated carbocycles. The van der Waals surface area contributed by atoms with Crippen molar-refractivity contribution >= 4 is 34.9 Å². The van der Waals surface area contributed by atoms with Gasteiger partial charge in [0.05, 0.1) is 12.1 Å². The van der Waals surface area contributed by atoms with Gasteiger partial charge in [-0.25, -0.2) is 9.98 Å². The second-order valence-corrected chi connectivity index (χ2v) is 14.9. The minimum Gasteiger partial charge on any atom is -0.475 e. The lowest BCUT2D eigenvalue weighted by atomic mass is 9.88. The largest absolute Gasteiger partial charge is 0.475 e. The molecule has 2 heterocycles. The molecule has 0 spiro atoms. The number of hydrogen-bond acceptors (Lipinski definition) is 5. The van der Waals surface area contributed by atoms with Crippen molar-refractivity contribution < 1.29 is 14.0 Å². The Balaban J connectivity index is 1.72. The summed E-state index contributed by atoms with van der Waals surface area (Å²) in [5, 5.41) is 2.16. The Morgan fingerprint density at radius 3 is 1.42 bits per heavy atom. The highest BCUT2D eigenvalue weighted by Gasteiger charge is 2.39. The van der Waals surface area contributed by atoms with Gasteiger partial charge in [-0.3, -0.25) is 0 Å². The Kier molecular flexibility index (Phi) is 6.86. The van der Waals surface area contributed by atoms with Crippen molar-refractivity contribution in [2.45, 2.75) is 53.6 Å². The maximum atomic E-state index is 15.7. The van der Waals surface area contributed by atoms with Crippen LogP contribution in [0.15, 0.2) is 88.8 Å². The first kappa shape index (κ1) is 26.4. The van der Waals surface area contributed by atoms with E-state index in [1.54, 1.807) is 0 Å². The van der Waals surface area contributed by atoms with E-state index in [4.69, 9.17) is 19.5 Å². The summed E-state index contributed by atoms with van der Waals surface area (Å²) in [5.74, 6) is 1.10. The molecule has 0 bridgehead atoms. The molecular formula is C32H37N2O3P. The lowest BCUT2D eigenvalue weighted by molar-refractivity contribution is 0.235. The van der Waals surface area contributed by atoms with Gasteiger partial charge < -0.3 is 14.0 Å². The number of rotatable bonds is 5. The third kappa shape index (κ3) is 4.85. The van der Waals surface area contributed by atoms with Gasteiger partial charge in [0.15, 0.2) is 7.14 Å². The van der Waals surface area contributed by atoms with Crippen LogP contribution in [0.5, 0.6) is 0 Å². The number of nitrogens with zero attached hydrogens (tertiary/aromatic N) is 2. The number of benzene rings is 3. The Morgan fingerprint density at radius 1 is 0.632 bits per heavy atom. The zero-order valence-electron chi connectivity index (χ0n) is 23.1. The van der Waals surface area contributed by atoms with E-state index < -0.39 is 7.14 Å². The second-order valence-electron chi connectivity index (χ2n) is 12.2. The van der Waals surface area contributed by atoms with E-state index in [2.05, 4.69) is 41.5 Å². The molecule has 0 amide bonds. The van der Waals surface area contributed by atoms with Crippen molar-refractivity contribution in [3.63, 3.8) is 0 Å². The fraction of sp³-hybridized carbons (Fsp3) is 0.375. The second kappa shape index (κ2) is 9.85. The normalized spacial score (nSPS) is 19.9. The number of ether oxygens (including phenoxy) is 2. The molecule has 38 heavy (non-hydrogen) atoms. The summed E-state index contributed by atoms with van der Waals surface area (Å²) in [5.41, 5.74) is 1.47. The molecule has 0 aromatic heterocycles. The van der Waals surface area contributed by atoms with Crippen LogP contribution in [0.25, 0.3) is 0 Å². The number of aliphatic imine (C=N–C) groups is 2. The predicted molar refractivity (Wildman–Crippen MR) is 157 cm³/mol. The molecule has 3 aromatic rings. The first-order valence-electron chi connectivity index (χ1n) is 13.3. The van der Waals surface area contributed by atoms with Crippen molar-refractivity contribution in [2.75, 3.05) is 13.2 Å². The Labute approximate surface area is 226 Å². The van der Waals surface area contributed by atoms with Gasteiger partial charge in [0.2, 0.25) is 11.8 Å². The van der Waals surface area contributed by atoms with E-state index >= 15 is 4.57 Å². The van der Waals surface area contributed by atoms with Gasteiger partial charge in [-0.15, -0.1) is 0 Å². The Bertz CT molecular complexity index is 1340. The zero-order chi connectivity index (χ0) is 27.1. The average Bonchev–Trinajstić information content (AvgIpc) is 3.59. The molecule has 5 nitrogen and oxygen atoms in total. The molecule has 6 heteroatoms. The zero-order valence-corrected chi connectivity index (χ0v) is 24.0. The summed E-state index contributed by atoms with van der Waals surface area (Å²) in [6.45, 7) is 14.0. The van der Waals surface area contributed by atoms with Crippen molar-refractivity contribution in [1.82, 2.24) is 0 Å². The van der Waals surface area contributed by atoms with Crippen LogP contribution in [-0.4, -0.2) is 37.1 Å². The SMILES string of the molecule is CC(C)(C)[C@H]1COC(c2ccccc2P(=O)(c2ccccc2)c2ccccc2C2=N[C@@H](C(C)(C)C)CO2)=N1. The molecule has 2 aliphatic rings. The molecular weight excluding hydrogens is 491 g/mol. The van der Waals surface area contributed by atoms with Gasteiger partial charge in [0.1, 0.15) is 13.2 Å². The Hall–Kier alpha value is -3.17. The maximum Gasteiger partial charge on any atom is 0.217 e. The molecule has 0 unspecified atom stereocenters. The van der Waals surface area contributed by atoms with E-state index in [1.165, 1.54) is 0 Å². The minimum atomic E-state index is -3.40. The number of hydrogen-bond donors (Lipinski definition) is 0. The quantitative estimate of drug-likeness (QED) is 0.399. The van der Waals surface area contributed by atoms with E-state index in [-0.39, 0.29) is 22.9 Å². The highest BCUT2D eigenvalue weighted by atomic mass is 31.2. The lowest BCUT2D eigenvalue weighted by Gasteiger charge is -2.24. The minimum absolute atomic E-state index is 0.0320. The van der Waals surface area contributed by atoms with Gasteiger partial charge in [-0.1, -0.05) is 108 Å². The third-order valence-electron chi connectivity index (χ3n) is 7.37. The van der Waals surface area contributed by atoms with Crippen LogP contribution in [0.1, 0.15) is 52.7 Å². The molecule has 5 rings (SSSR count). The fourth-order valence-corrected chi connectivity index (χ4v) is 7.85. The van der Waals surface area contributed by atoms with E-state index in [0.717, 1.165) is 16.4 Å². The first-order valence-corrected chi connectivity index (χ1v) is 15.0. The van der Waals surface area contributed by atoms with Crippen molar-refractivity contribution in [3.05, 3.63) is 90.0 Å². The molecule has 0 saturated heterocycles. The van der Waals surface area contributed by atoms with E-state index in [9.17, 15) is 0 Å². The average molecular weight is 529 g/mol. The van der Waals surface area contributed by atoms with Crippen molar-refractivity contribution in [2.24, 2.45) is 20.8 Å². The van der Waals surface area contributed by atoms with Gasteiger partial charge in [-0.05, 0) is 23.0 Å². The summed E-state index contributed by atoms with van der Waals surface area (Å²) in [4.78, 5) is 9.91. The molecule has 0 N–H and O–H groups in total. The standard InChI is InChI=1S/C32H37N2O3P/c1-31(2,3)27-20-36-29(33-27)23-16-10-12-18-25(23)38(35,22-14-8-7-9-15-22)26-19-13-11-17-24(26)30-34-28(21-37-30)32(4,5)6/h7-19,27-28H,20-21H2,1-6H3/t27-,28-/m1/s1. The smallest absolute Gasteiger partial charge is 0.217 e. The van der Waals surface area contributed by atoms with Crippen LogP contribution in [0.2, 0.25) is 0 Å². The molecule has 0 aliphatic carbocycles. The van der Waals surface area contributed by atoms with Gasteiger partial charge in [0, 0.05) is 27.0 Å². The topological polar surface area (TPSA) is 60.2 Å². The van der Waals surface area contributed by atoms with E-state index in [0.29, 0.717) is 35.6 Å². The molecule has 2 atom stereocenters. The summed E-state index contributed by atoms with van der Waals surface area (Å²) < 4.78 is 28.0. The molecule has 2 aliphatic heterocycles. The van der Waals surface area contributed by atoms with Crippen molar-refractivity contribution in [3.8, 4) is 0 Å². The molecule has 198 valence electrons. The predicted octanol–water partition coefficient (Wildman–Crippen LogP) is 5.71. The molecule has 3 aromatic carbocycles. The highest BCUT2D eigenvalue weighted by molar-refractivity contribution is 7.85. The molecule has 0 fully saturated rings. The van der Waals surface area contributed by atoms with Crippen LogP contribution in [-0.2, 0) is 14.0 Å². The lowest BCUT2D eigenvalue weighted by Crippen LogP contribution is -2.32. The first-order chi connectivity index (χ1) is 18.0. The van der Waals surface area contributed by atoms with Crippen molar-refractivity contribution in [1.29, 1.82) is 0 Å². The Morgan fingerprint density at radius 2 is 1.03 bits per heavy atom. The summed E-state index contributed by atoms with van der Waals surface area (Å²) >= 11 is 0. The van der Waals surface area contributed by atoms with Gasteiger partial charge in [-0.2, -0.15) is 0 Å². The fourth-order valence-electron chi connectivity index (χ4n) is 4.83. The van der Waals surface area contributed by atoms with Gasteiger partial charge in [0.25, 0.3) is 0 Å². The highest BCUT2D eigenvalue weighted by Crippen LogP contribution is 2.45. The van der Waals surface area contributed by atoms with Crippen LogP contribution in [0.3, 0.4) is 0 Å². The third-order valence-corrected chi connectivity index (χ3v) is 10.5. The summed E-state index contributed by atoms with van der Waals surface area (Å²) in [7, 11) is -3.40. The van der Waals surface area contributed by atoms with Crippen LogP contribution in [0.4, 0.5) is 0 Å². The summed E-state index contributed by atoms with van der Waals surface area (Å²) in [6.07, 6.45) is 0. The monoisotopic (exact) mass is 528 g/mol. The van der Waals surface area contributed by atoms with Crippen LogP contribution >= 0.6 is 7.14 Å². The molecule has 0 radical (unpaired) electrons. The van der Waals surface area contributed by atoms with E-state index in [1.807, 2.05) is 78.9 Å². The summed E-state index contributed by atoms with van der Waals surface area (Å²) in [6, 6.07) is 25.4.